The highest BCUT2D eigenvalue weighted by molar-refractivity contribution is 7.83. The maximum absolute atomic E-state index is 13.8. The van der Waals surface area contributed by atoms with Crippen molar-refractivity contribution in [3.63, 3.8) is 0 Å². The van der Waals surface area contributed by atoms with Gasteiger partial charge in [0.1, 0.15) is 11.9 Å². The molecule has 1 unspecified atom stereocenters. The molecule has 0 radical (unpaired) electrons. The topological polar surface area (TPSA) is 40.9 Å². The van der Waals surface area contributed by atoms with Crippen LogP contribution in [-0.2, 0) is 22.3 Å². The van der Waals surface area contributed by atoms with Crippen LogP contribution < -0.4 is 0 Å². The van der Waals surface area contributed by atoms with Crippen molar-refractivity contribution in [1.29, 1.82) is 5.26 Å². The molecule has 0 N–H and O–H groups in total. The first-order valence-corrected chi connectivity index (χ1v) is 7.26. The molecule has 0 aliphatic heterocycles. The predicted molar refractivity (Wildman–Crippen MR) is 73.1 cm³/mol. The molecule has 19 heavy (non-hydrogen) atoms. The van der Waals surface area contributed by atoms with E-state index in [2.05, 4.69) is 0 Å². The zero-order chi connectivity index (χ0) is 13.7. The summed E-state index contributed by atoms with van der Waals surface area (Å²) in [4.78, 5) is 0. The van der Waals surface area contributed by atoms with Gasteiger partial charge in [0.15, 0.2) is 0 Å². The Morgan fingerprint density at radius 1 is 1.05 bits per heavy atom. The summed E-state index contributed by atoms with van der Waals surface area (Å²) in [6.45, 7) is 0. The number of rotatable bonds is 4. The van der Waals surface area contributed by atoms with Crippen LogP contribution in [0.1, 0.15) is 16.7 Å². The highest BCUT2D eigenvalue weighted by atomic mass is 32.2. The molecular weight excluding hydrogens is 261 g/mol. The van der Waals surface area contributed by atoms with E-state index in [4.69, 9.17) is 5.26 Å². The maximum Gasteiger partial charge on any atom is 0.145 e. The summed E-state index contributed by atoms with van der Waals surface area (Å²) in [5.74, 6) is -0.0563. The van der Waals surface area contributed by atoms with Crippen LogP contribution in [0.25, 0.3) is 0 Å². The number of hydrogen-bond donors (Lipinski definition) is 0. The SMILES string of the molecule is N#Cc1cccc(CS(=O)Cc2ccccc2)c1F. The van der Waals surface area contributed by atoms with Gasteiger partial charge in [-0.05, 0) is 11.6 Å². The van der Waals surface area contributed by atoms with E-state index in [1.807, 2.05) is 30.3 Å². The van der Waals surface area contributed by atoms with Gasteiger partial charge in [-0.2, -0.15) is 5.26 Å². The van der Waals surface area contributed by atoms with Crippen molar-refractivity contribution in [1.82, 2.24) is 0 Å². The largest absolute Gasteiger partial charge is 0.259 e. The molecule has 2 aromatic rings. The monoisotopic (exact) mass is 273 g/mol. The van der Waals surface area contributed by atoms with E-state index in [-0.39, 0.29) is 11.3 Å². The summed E-state index contributed by atoms with van der Waals surface area (Å²) in [6.07, 6.45) is 0. The number of nitriles is 1. The molecule has 0 bridgehead atoms. The van der Waals surface area contributed by atoms with Gasteiger partial charge in [0.25, 0.3) is 0 Å². The molecule has 0 aliphatic carbocycles. The Morgan fingerprint density at radius 3 is 2.47 bits per heavy atom. The fourth-order valence-corrected chi connectivity index (χ4v) is 3.00. The average Bonchev–Trinajstić information content (AvgIpc) is 2.42. The van der Waals surface area contributed by atoms with Crippen molar-refractivity contribution in [2.45, 2.75) is 11.5 Å². The summed E-state index contributed by atoms with van der Waals surface area (Å²) >= 11 is 0. The predicted octanol–water partition coefficient (Wildman–Crippen LogP) is 3.15. The number of halogens is 1. The van der Waals surface area contributed by atoms with Crippen molar-refractivity contribution < 1.29 is 8.60 Å². The fourth-order valence-electron chi connectivity index (χ4n) is 1.76. The average molecular weight is 273 g/mol. The van der Waals surface area contributed by atoms with Gasteiger partial charge in [0.2, 0.25) is 0 Å². The van der Waals surface area contributed by atoms with Crippen LogP contribution in [0.5, 0.6) is 0 Å². The number of hydrogen-bond acceptors (Lipinski definition) is 2. The van der Waals surface area contributed by atoms with E-state index in [1.165, 1.54) is 6.07 Å². The zero-order valence-corrected chi connectivity index (χ0v) is 11.0. The lowest BCUT2D eigenvalue weighted by Gasteiger charge is -2.05. The second-order valence-corrected chi connectivity index (χ2v) is 5.56. The third-order valence-corrected chi connectivity index (χ3v) is 3.97. The van der Waals surface area contributed by atoms with Crippen molar-refractivity contribution in [3.05, 3.63) is 71.0 Å². The molecule has 0 heterocycles. The standard InChI is InChI=1S/C15H12FNOS/c16-15-13(9-17)7-4-8-14(15)11-19(18)10-12-5-2-1-3-6-12/h1-8H,10-11H2. The van der Waals surface area contributed by atoms with Gasteiger partial charge in [0, 0.05) is 22.1 Å². The van der Waals surface area contributed by atoms with E-state index in [1.54, 1.807) is 18.2 Å². The molecule has 0 saturated carbocycles. The molecule has 2 aromatic carbocycles. The summed E-state index contributed by atoms with van der Waals surface area (Å²) in [5, 5.41) is 8.75. The third-order valence-electron chi connectivity index (χ3n) is 2.69. The van der Waals surface area contributed by atoms with Crippen LogP contribution >= 0.6 is 0 Å². The minimum absolute atomic E-state index is 0.00536. The third kappa shape index (κ3) is 3.49. The highest BCUT2D eigenvalue weighted by Crippen LogP contribution is 2.15. The Balaban J connectivity index is 2.10. The maximum atomic E-state index is 13.8. The molecule has 1 atom stereocenters. The van der Waals surface area contributed by atoms with Crippen LogP contribution in [0.2, 0.25) is 0 Å². The molecule has 0 spiro atoms. The number of benzene rings is 2. The van der Waals surface area contributed by atoms with Crippen molar-refractivity contribution in [3.8, 4) is 6.07 Å². The van der Waals surface area contributed by atoms with Gasteiger partial charge in [-0.25, -0.2) is 4.39 Å². The van der Waals surface area contributed by atoms with Crippen molar-refractivity contribution in [2.75, 3.05) is 0 Å². The first-order valence-electron chi connectivity index (χ1n) is 5.77. The van der Waals surface area contributed by atoms with Crippen LogP contribution in [0.15, 0.2) is 48.5 Å². The lowest BCUT2D eigenvalue weighted by molar-refractivity contribution is 0.611. The van der Waals surface area contributed by atoms with E-state index in [0.29, 0.717) is 11.3 Å². The molecule has 2 nitrogen and oxygen atoms in total. The first-order chi connectivity index (χ1) is 9.20. The Kier molecular flexibility index (Phi) is 4.43. The van der Waals surface area contributed by atoms with E-state index in [0.717, 1.165) is 5.56 Å². The Hall–Kier alpha value is -1.99. The summed E-state index contributed by atoms with van der Waals surface area (Å²) in [7, 11) is -1.19. The van der Waals surface area contributed by atoms with Crippen molar-refractivity contribution >= 4 is 10.8 Å². The summed E-state index contributed by atoms with van der Waals surface area (Å²) < 4.78 is 25.8. The quantitative estimate of drug-likeness (QED) is 0.858. The first kappa shape index (κ1) is 13.4. The van der Waals surface area contributed by atoms with E-state index < -0.39 is 16.6 Å². The van der Waals surface area contributed by atoms with Gasteiger partial charge in [0.05, 0.1) is 11.3 Å². The smallest absolute Gasteiger partial charge is 0.145 e. The molecule has 0 amide bonds. The normalized spacial score (nSPS) is 11.8. The lowest BCUT2D eigenvalue weighted by Crippen LogP contribution is -2.02. The Morgan fingerprint density at radius 2 is 1.79 bits per heavy atom. The zero-order valence-electron chi connectivity index (χ0n) is 10.2. The molecule has 0 fully saturated rings. The Labute approximate surface area is 114 Å². The highest BCUT2D eigenvalue weighted by Gasteiger charge is 2.10. The Bertz CT molecular complexity index is 634. The molecule has 0 aliphatic rings. The molecule has 4 heteroatoms. The van der Waals surface area contributed by atoms with Gasteiger partial charge in [-0.1, -0.05) is 42.5 Å². The van der Waals surface area contributed by atoms with Gasteiger partial charge in [-0.3, -0.25) is 4.21 Å². The van der Waals surface area contributed by atoms with Crippen LogP contribution in [0.4, 0.5) is 4.39 Å². The van der Waals surface area contributed by atoms with E-state index in [9.17, 15) is 8.60 Å². The second-order valence-electron chi connectivity index (χ2n) is 4.10. The van der Waals surface area contributed by atoms with Crippen LogP contribution in [0.3, 0.4) is 0 Å². The molecule has 0 saturated heterocycles. The molecule has 0 aromatic heterocycles. The molecular formula is C15H12FNOS. The minimum atomic E-state index is -1.19. The van der Waals surface area contributed by atoms with Gasteiger partial charge < -0.3 is 0 Å². The lowest BCUT2D eigenvalue weighted by atomic mass is 10.1. The van der Waals surface area contributed by atoms with Crippen LogP contribution in [0, 0.1) is 17.1 Å². The summed E-state index contributed by atoms with van der Waals surface area (Å²) in [6, 6.07) is 15.8. The van der Waals surface area contributed by atoms with Gasteiger partial charge in [-0.15, -0.1) is 0 Å². The van der Waals surface area contributed by atoms with E-state index >= 15 is 0 Å². The molecule has 2 rings (SSSR count). The van der Waals surface area contributed by atoms with Gasteiger partial charge >= 0.3 is 0 Å². The summed E-state index contributed by atoms with van der Waals surface area (Å²) in [5.41, 5.74) is 1.28. The van der Waals surface area contributed by atoms with Crippen molar-refractivity contribution in [2.24, 2.45) is 0 Å². The fraction of sp³-hybridized carbons (Fsp3) is 0.133. The number of nitrogens with zero attached hydrogens (tertiary/aromatic N) is 1. The molecule has 96 valence electrons. The minimum Gasteiger partial charge on any atom is -0.259 e. The second kappa shape index (κ2) is 6.26. The van der Waals surface area contributed by atoms with Crippen LogP contribution in [-0.4, -0.2) is 4.21 Å².